The van der Waals surface area contributed by atoms with Gasteiger partial charge in [-0.15, -0.1) is 0 Å². The Morgan fingerprint density at radius 2 is 1.52 bits per heavy atom. The second kappa shape index (κ2) is 8.22. The molecule has 1 unspecified atom stereocenters. The van der Waals surface area contributed by atoms with Crippen molar-refractivity contribution in [3.63, 3.8) is 0 Å². The monoisotopic (exact) mass is 389 g/mol. The van der Waals surface area contributed by atoms with Crippen LogP contribution >= 0.6 is 11.6 Å². The molecule has 1 atom stereocenters. The maximum absolute atomic E-state index is 5.94. The Balaban J connectivity index is 1.23. The smallest absolute Gasteiger partial charge is 0.225 e. The molecule has 2 aliphatic heterocycles. The highest BCUT2D eigenvalue weighted by molar-refractivity contribution is 6.30. The standard InChI is InChI=1S/C18H24ClN7O/c19-14-7-21-17(22-8-14)25-4-1-13(2-5-25)12-27-16-9-23-18(24-10-16)26-6-3-15(20)11-26/h7-10,13,15H,1-6,11-12,20H2. The lowest BCUT2D eigenvalue weighted by Gasteiger charge is -2.31. The van der Waals surface area contributed by atoms with E-state index in [0.717, 1.165) is 57.3 Å². The molecule has 2 aromatic heterocycles. The first-order chi connectivity index (χ1) is 13.2. The summed E-state index contributed by atoms with van der Waals surface area (Å²) in [6, 6.07) is 0.216. The van der Waals surface area contributed by atoms with Gasteiger partial charge in [0, 0.05) is 32.2 Å². The maximum atomic E-state index is 5.94. The number of hydrogen-bond acceptors (Lipinski definition) is 8. The number of halogens is 1. The van der Waals surface area contributed by atoms with E-state index < -0.39 is 0 Å². The van der Waals surface area contributed by atoms with Crippen LogP contribution in [0.3, 0.4) is 0 Å². The molecule has 4 heterocycles. The molecular weight excluding hydrogens is 366 g/mol. The predicted octanol–water partition coefficient (Wildman–Crippen LogP) is 1.75. The summed E-state index contributed by atoms with van der Waals surface area (Å²) >= 11 is 5.85. The van der Waals surface area contributed by atoms with Crippen LogP contribution in [0, 0.1) is 5.92 Å². The fourth-order valence-electron chi connectivity index (χ4n) is 3.50. The van der Waals surface area contributed by atoms with Gasteiger partial charge in [0.2, 0.25) is 11.9 Å². The minimum absolute atomic E-state index is 0.216. The van der Waals surface area contributed by atoms with E-state index in [0.29, 0.717) is 23.3 Å². The van der Waals surface area contributed by atoms with Crippen molar-refractivity contribution >= 4 is 23.5 Å². The molecule has 144 valence electrons. The zero-order valence-electron chi connectivity index (χ0n) is 15.2. The van der Waals surface area contributed by atoms with E-state index in [2.05, 4.69) is 29.7 Å². The van der Waals surface area contributed by atoms with Gasteiger partial charge in [-0.2, -0.15) is 0 Å². The molecular formula is C18H24ClN7O. The van der Waals surface area contributed by atoms with Gasteiger partial charge in [0.25, 0.3) is 0 Å². The van der Waals surface area contributed by atoms with Crippen LogP contribution in [0.25, 0.3) is 0 Å². The summed E-state index contributed by atoms with van der Waals surface area (Å²) in [6.45, 7) is 4.24. The Morgan fingerprint density at radius 3 is 2.15 bits per heavy atom. The van der Waals surface area contributed by atoms with Crippen molar-refractivity contribution in [3.05, 3.63) is 29.8 Å². The van der Waals surface area contributed by atoms with Crippen molar-refractivity contribution in [3.8, 4) is 5.75 Å². The highest BCUT2D eigenvalue weighted by Gasteiger charge is 2.23. The van der Waals surface area contributed by atoms with Gasteiger partial charge in [-0.1, -0.05) is 11.6 Å². The van der Waals surface area contributed by atoms with Gasteiger partial charge in [-0.05, 0) is 25.2 Å². The molecule has 2 aromatic rings. The van der Waals surface area contributed by atoms with Crippen LogP contribution in [-0.2, 0) is 0 Å². The minimum atomic E-state index is 0.216. The number of aromatic nitrogens is 4. The van der Waals surface area contributed by atoms with E-state index >= 15 is 0 Å². The number of hydrogen-bond donors (Lipinski definition) is 1. The fourth-order valence-corrected chi connectivity index (χ4v) is 3.60. The molecule has 0 aromatic carbocycles. The fraction of sp³-hybridized carbons (Fsp3) is 0.556. The molecule has 8 nitrogen and oxygen atoms in total. The van der Waals surface area contributed by atoms with Crippen LogP contribution in [-0.4, -0.2) is 58.8 Å². The van der Waals surface area contributed by atoms with Gasteiger partial charge in [-0.3, -0.25) is 0 Å². The second-order valence-corrected chi connectivity index (χ2v) is 7.59. The van der Waals surface area contributed by atoms with Crippen molar-refractivity contribution in [2.75, 3.05) is 42.6 Å². The molecule has 0 amide bonds. The molecule has 2 aliphatic rings. The Bertz CT molecular complexity index is 734. The van der Waals surface area contributed by atoms with Gasteiger partial charge in [-0.25, -0.2) is 19.9 Å². The van der Waals surface area contributed by atoms with Crippen LogP contribution in [0.5, 0.6) is 5.75 Å². The highest BCUT2D eigenvalue weighted by atomic mass is 35.5. The van der Waals surface area contributed by atoms with E-state index in [4.69, 9.17) is 22.1 Å². The van der Waals surface area contributed by atoms with Crippen molar-refractivity contribution in [2.24, 2.45) is 11.7 Å². The Labute approximate surface area is 163 Å². The Hall–Kier alpha value is -2.19. The predicted molar refractivity (Wildman–Crippen MR) is 104 cm³/mol. The topological polar surface area (TPSA) is 93.3 Å². The van der Waals surface area contributed by atoms with Crippen LogP contribution in [0.4, 0.5) is 11.9 Å². The molecule has 2 N–H and O–H groups in total. The van der Waals surface area contributed by atoms with Gasteiger partial charge in [0.15, 0.2) is 5.75 Å². The molecule has 0 radical (unpaired) electrons. The number of ether oxygens (including phenoxy) is 1. The first-order valence-corrected chi connectivity index (χ1v) is 9.73. The van der Waals surface area contributed by atoms with Gasteiger partial charge >= 0.3 is 0 Å². The number of piperidine rings is 1. The van der Waals surface area contributed by atoms with Crippen molar-refractivity contribution in [2.45, 2.75) is 25.3 Å². The Kier molecular flexibility index (Phi) is 5.54. The summed E-state index contributed by atoms with van der Waals surface area (Å²) in [5, 5.41) is 0.558. The normalized spacial score (nSPS) is 20.9. The third kappa shape index (κ3) is 4.56. The lowest BCUT2D eigenvalue weighted by molar-refractivity contribution is 0.221. The number of nitrogens with two attached hydrogens (primary N) is 1. The van der Waals surface area contributed by atoms with Gasteiger partial charge < -0.3 is 20.3 Å². The lowest BCUT2D eigenvalue weighted by Crippen LogP contribution is -2.36. The van der Waals surface area contributed by atoms with Gasteiger partial charge in [0.05, 0.1) is 36.4 Å². The van der Waals surface area contributed by atoms with Crippen LogP contribution in [0.2, 0.25) is 5.02 Å². The first-order valence-electron chi connectivity index (χ1n) is 9.35. The molecule has 0 aliphatic carbocycles. The summed E-state index contributed by atoms with van der Waals surface area (Å²) < 4.78 is 5.91. The molecule has 27 heavy (non-hydrogen) atoms. The quantitative estimate of drug-likeness (QED) is 0.826. The number of anilines is 2. The summed E-state index contributed by atoms with van der Waals surface area (Å²) in [4.78, 5) is 21.7. The minimum Gasteiger partial charge on any atom is -0.490 e. The van der Waals surface area contributed by atoms with Crippen LogP contribution in [0.1, 0.15) is 19.3 Å². The summed E-state index contributed by atoms with van der Waals surface area (Å²) in [6.07, 6.45) is 9.84. The van der Waals surface area contributed by atoms with Crippen molar-refractivity contribution in [1.29, 1.82) is 0 Å². The molecule has 0 spiro atoms. The van der Waals surface area contributed by atoms with E-state index in [1.165, 1.54) is 0 Å². The second-order valence-electron chi connectivity index (χ2n) is 7.16. The first kappa shape index (κ1) is 18.2. The molecule has 0 saturated carbocycles. The number of nitrogens with zero attached hydrogens (tertiary/aromatic N) is 6. The van der Waals surface area contributed by atoms with Crippen LogP contribution in [0.15, 0.2) is 24.8 Å². The summed E-state index contributed by atoms with van der Waals surface area (Å²) in [5.74, 6) is 2.69. The SMILES string of the molecule is NC1CCN(c2ncc(OCC3CCN(c4ncc(Cl)cn4)CC3)cn2)C1. The average Bonchev–Trinajstić information content (AvgIpc) is 3.14. The Morgan fingerprint density at radius 1 is 0.926 bits per heavy atom. The van der Waals surface area contributed by atoms with E-state index in [-0.39, 0.29) is 6.04 Å². The van der Waals surface area contributed by atoms with E-state index in [1.807, 2.05) is 0 Å². The van der Waals surface area contributed by atoms with Gasteiger partial charge in [0.1, 0.15) is 0 Å². The molecule has 9 heteroatoms. The third-order valence-corrected chi connectivity index (χ3v) is 5.31. The van der Waals surface area contributed by atoms with E-state index in [1.54, 1.807) is 24.8 Å². The number of rotatable bonds is 5. The summed E-state index contributed by atoms with van der Waals surface area (Å²) in [5.41, 5.74) is 5.94. The molecule has 4 rings (SSSR count). The van der Waals surface area contributed by atoms with Crippen LogP contribution < -0.4 is 20.3 Å². The maximum Gasteiger partial charge on any atom is 0.225 e. The zero-order chi connectivity index (χ0) is 18.6. The molecule has 2 saturated heterocycles. The van der Waals surface area contributed by atoms with Crippen molar-refractivity contribution < 1.29 is 4.74 Å². The zero-order valence-corrected chi connectivity index (χ0v) is 15.9. The molecule has 0 bridgehead atoms. The third-order valence-electron chi connectivity index (χ3n) is 5.11. The molecule has 2 fully saturated rings. The largest absolute Gasteiger partial charge is 0.490 e. The van der Waals surface area contributed by atoms with E-state index in [9.17, 15) is 0 Å². The summed E-state index contributed by atoms with van der Waals surface area (Å²) in [7, 11) is 0. The van der Waals surface area contributed by atoms with Crippen molar-refractivity contribution in [1.82, 2.24) is 19.9 Å². The lowest BCUT2D eigenvalue weighted by atomic mass is 9.98. The average molecular weight is 390 g/mol. The highest BCUT2D eigenvalue weighted by Crippen LogP contribution is 2.23.